The summed E-state index contributed by atoms with van der Waals surface area (Å²) in [5.41, 5.74) is 3.40. The lowest BCUT2D eigenvalue weighted by Crippen LogP contribution is -2.43. The Morgan fingerprint density at radius 2 is 1.62 bits per heavy atom. The molecule has 1 N–H and O–H groups in total. The van der Waals surface area contributed by atoms with Crippen LogP contribution < -0.4 is 5.32 Å². The van der Waals surface area contributed by atoms with Crippen LogP contribution in [0, 0.1) is 6.92 Å². The van der Waals surface area contributed by atoms with Crippen LogP contribution >= 0.6 is 46.4 Å². The summed E-state index contributed by atoms with van der Waals surface area (Å²) in [5, 5.41) is 9.27. The zero-order valence-corrected chi connectivity index (χ0v) is 22.8. The lowest BCUT2D eigenvalue weighted by molar-refractivity contribution is -0.142. The first-order chi connectivity index (χ1) is 17.7. The van der Waals surface area contributed by atoms with Crippen LogP contribution in [0.2, 0.25) is 20.1 Å². The van der Waals surface area contributed by atoms with E-state index in [1.165, 1.54) is 7.11 Å². The second kappa shape index (κ2) is 11.6. The van der Waals surface area contributed by atoms with E-state index < -0.39 is 17.9 Å². The Balaban J connectivity index is 1.76. The number of nitrogens with one attached hydrogen (secondary N) is 1. The van der Waals surface area contributed by atoms with Crippen molar-refractivity contribution >= 4 is 58.3 Å². The summed E-state index contributed by atoms with van der Waals surface area (Å²) in [6, 6.07) is 18.2. The van der Waals surface area contributed by atoms with Gasteiger partial charge in [-0.2, -0.15) is 5.10 Å². The first-order valence-electron chi connectivity index (χ1n) is 11.1. The molecule has 4 aromatic rings. The first kappa shape index (κ1) is 27.0. The van der Waals surface area contributed by atoms with Gasteiger partial charge in [-0.15, -0.1) is 0 Å². The highest BCUT2D eigenvalue weighted by Crippen LogP contribution is 2.33. The lowest BCUT2D eigenvalue weighted by atomic mass is 10.0. The molecule has 0 unspecified atom stereocenters. The van der Waals surface area contributed by atoms with Gasteiger partial charge < -0.3 is 10.1 Å². The third-order valence-electron chi connectivity index (χ3n) is 5.71. The molecule has 4 rings (SSSR count). The number of methoxy groups -OCH3 is 1. The van der Waals surface area contributed by atoms with Gasteiger partial charge in [0.05, 0.1) is 23.5 Å². The van der Waals surface area contributed by atoms with Gasteiger partial charge in [-0.3, -0.25) is 4.79 Å². The number of carbonyl (C=O) groups is 2. The van der Waals surface area contributed by atoms with Crippen molar-refractivity contribution in [2.75, 3.05) is 7.11 Å². The van der Waals surface area contributed by atoms with Crippen LogP contribution in [0.5, 0.6) is 0 Å². The van der Waals surface area contributed by atoms with Crippen LogP contribution in [-0.4, -0.2) is 34.8 Å². The van der Waals surface area contributed by atoms with E-state index >= 15 is 0 Å². The second-order valence-electron chi connectivity index (χ2n) is 8.22. The largest absolute Gasteiger partial charge is 0.467 e. The lowest BCUT2D eigenvalue weighted by Gasteiger charge is -2.16. The molecule has 0 saturated heterocycles. The Kier molecular flexibility index (Phi) is 8.45. The number of aromatic nitrogens is 2. The van der Waals surface area contributed by atoms with Gasteiger partial charge in [0.25, 0.3) is 5.91 Å². The van der Waals surface area contributed by atoms with Crippen molar-refractivity contribution in [3.8, 4) is 16.9 Å². The highest BCUT2D eigenvalue weighted by Gasteiger charge is 2.28. The number of ether oxygens (including phenoxy) is 1. The molecule has 0 radical (unpaired) electrons. The molecular weight excluding hydrogens is 556 g/mol. The number of esters is 1. The minimum atomic E-state index is -0.960. The fourth-order valence-corrected chi connectivity index (χ4v) is 4.77. The number of hydrogen-bond acceptors (Lipinski definition) is 4. The number of hydrogen-bond donors (Lipinski definition) is 1. The maximum Gasteiger partial charge on any atom is 0.328 e. The van der Waals surface area contributed by atoms with Crippen LogP contribution in [0.1, 0.15) is 21.6 Å². The van der Waals surface area contributed by atoms with Crippen molar-refractivity contribution in [1.29, 1.82) is 0 Å². The van der Waals surface area contributed by atoms with Crippen molar-refractivity contribution in [2.24, 2.45) is 0 Å². The molecular formula is C27H21Cl4N3O3. The predicted octanol–water partition coefficient (Wildman–Crippen LogP) is 6.98. The number of nitrogens with zero attached hydrogens (tertiary/aromatic N) is 2. The van der Waals surface area contributed by atoms with Crippen molar-refractivity contribution in [2.45, 2.75) is 19.4 Å². The molecule has 3 aromatic carbocycles. The summed E-state index contributed by atoms with van der Waals surface area (Å²) in [7, 11) is 1.26. The molecule has 6 nitrogen and oxygen atoms in total. The normalized spacial score (nSPS) is 11.7. The first-order valence-corrected chi connectivity index (χ1v) is 12.6. The molecule has 0 aliphatic rings. The summed E-state index contributed by atoms with van der Waals surface area (Å²) in [6.07, 6.45) is 0.186. The smallest absolute Gasteiger partial charge is 0.328 e. The van der Waals surface area contributed by atoms with Gasteiger partial charge in [-0.1, -0.05) is 70.7 Å². The number of halogens is 4. The average molecular weight is 577 g/mol. The summed E-state index contributed by atoms with van der Waals surface area (Å²) in [5.74, 6) is -1.14. The van der Waals surface area contributed by atoms with E-state index in [4.69, 9.17) is 51.1 Å². The SMILES string of the molecule is COC(=O)[C@@H](Cc1cccc(Cl)c1)NC(=O)c1nn(-c2ccc(Cl)cc2Cl)c(-c2ccc(Cl)cc2)c1C. The Labute approximate surface area is 234 Å². The third kappa shape index (κ3) is 6.11. The van der Waals surface area contributed by atoms with Gasteiger partial charge in [-0.25, -0.2) is 9.48 Å². The number of rotatable bonds is 7. The summed E-state index contributed by atoms with van der Waals surface area (Å²) < 4.78 is 6.51. The van der Waals surface area contributed by atoms with E-state index in [0.29, 0.717) is 37.0 Å². The van der Waals surface area contributed by atoms with Crippen LogP contribution in [0.4, 0.5) is 0 Å². The number of amides is 1. The highest BCUT2D eigenvalue weighted by molar-refractivity contribution is 6.35. The quantitative estimate of drug-likeness (QED) is 0.241. The van der Waals surface area contributed by atoms with Gasteiger partial charge >= 0.3 is 5.97 Å². The van der Waals surface area contributed by atoms with Crippen LogP contribution in [0.15, 0.2) is 66.7 Å². The summed E-state index contributed by atoms with van der Waals surface area (Å²) >= 11 is 24.8. The molecule has 1 atom stereocenters. The summed E-state index contributed by atoms with van der Waals surface area (Å²) in [4.78, 5) is 26.0. The fourth-order valence-electron chi connectivity index (χ4n) is 3.95. The zero-order chi connectivity index (χ0) is 26.7. The molecule has 0 fully saturated rings. The molecule has 10 heteroatoms. The van der Waals surface area contributed by atoms with Gasteiger partial charge in [0.1, 0.15) is 6.04 Å². The van der Waals surface area contributed by atoms with E-state index in [1.807, 2.05) is 18.2 Å². The molecule has 1 aromatic heterocycles. The standard InChI is InChI=1S/C27H21Cl4N3O3/c1-15-24(26(35)32-22(27(36)37-2)13-16-4-3-5-19(29)12-16)33-34(23-11-10-20(30)14-21(23)31)25(15)17-6-8-18(28)9-7-17/h3-12,14,22H,13H2,1-2H3,(H,32,35)/t22-/m1/s1. The van der Waals surface area contributed by atoms with Gasteiger partial charge in [0, 0.05) is 32.6 Å². The van der Waals surface area contributed by atoms with E-state index in [9.17, 15) is 9.59 Å². The molecule has 190 valence electrons. The molecule has 0 saturated carbocycles. The fraction of sp³-hybridized carbons (Fsp3) is 0.148. The van der Waals surface area contributed by atoms with Crippen molar-refractivity contribution < 1.29 is 14.3 Å². The topological polar surface area (TPSA) is 73.2 Å². The van der Waals surface area contributed by atoms with Crippen molar-refractivity contribution in [1.82, 2.24) is 15.1 Å². The summed E-state index contributed by atoms with van der Waals surface area (Å²) in [6.45, 7) is 1.77. The average Bonchev–Trinajstić information content (AvgIpc) is 3.20. The molecule has 1 heterocycles. The van der Waals surface area contributed by atoms with Gasteiger partial charge in [0.15, 0.2) is 5.69 Å². The van der Waals surface area contributed by atoms with Crippen LogP contribution in [0.25, 0.3) is 16.9 Å². The third-order valence-corrected chi connectivity index (χ3v) is 6.74. The Bertz CT molecular complexity index is 1470. The Hall–Kier alpha value is -3.03. The predicted molar refractivity (Wildman–Crippen MR) is 147 cm³/mol. The second-order valence-corrected chi connectivity index (χ2v) is 9.94. The molecule has 1 amide bonds. The molecule has 0 aliphatic carbocycles. The Morgan fingerprint density at radius 1 is 0.946 bits per heavy atom. The van der Waals surface area contributed by atoms with Gasteiger partial charge in [0.2, 0.25) is 0 Å². The highest BCUT2D eigenvalue weighted by atomic mass is 35.5. The number of carbonyl (C=O) groups excluding carboxylic acids is 2. The molecule has 0 bridgehead atoms. The van der Waals surface area contributed by atoms with Crippen molar-refractivity contribution in [3.05, 3.63) is 104 Å². The zero-order valence-electron chi connectivity index (χ0n) is 19.8. The molecule has 0 spiro atoms. The minimum absolute atomic E-state index is 0.121. The van der Waals surface area contributed by atoms with Crippen LogP contribution in [-0.2, 0) is 16.0 Å². The van der Waals surface area contributed by atoms with E-state index in [0.717, 1.165) is 11.1 Å². The van der Waals surface area contributed by atoms with E-state index in [-0.39, 0.29) is 12.1 Å². The van der Waals surface area contributed by atoms with Crippen molar-refractivity contribution in [3.63, 3.8) is 0 Å². The van der Waals surface area contributed by atoms with Gasteiger partial charge in [-0.05, 0) is 55.0 Å². The Morgan fingerprint density at radius 3 is 2.27 bits per heavy atom. The monoisotopic (exact) mass is 575 g/mol. The maximum atomic E-state index is 13.5. The molecule has 0 aliphatic heterocycles. The van der Waals surface area contributed by atoms with Crippen LogP contribution in [0.3, 0.4) is 0 Å². The minimum Gasteiger partial charge on any atom is -0.467 e. The number of benzene rings is 3. The van der Waals surface area contributed by atoms with E-state index in [2.05, 4.69) is 10.4 Å². The molecule has 37 heavy (non-hydrogen) atoms. The maximum absolute atomic E-state index is 13.5. The van der Waals surface area contributed by atoms with E-state index in [1.54, 1.807) is 60.1 Å².